The minimum Gasteiger partial charge on any atom is -0.0628 e. The van der Waals surface area contributed by atoms with Crippen LogP contribution in [-0.2, 0) is 17.4 Å². The molecule has 4 nitrogen and oxygen atoms in total. The third-order valence-electron chi connectivity index (χ3n) is 9.64. The summed E-state index contributed by atoms with van der Waals surface area (Å²) in [4.78, 5) is 25.6. The van der Waals surface area contributed by atoms with Crippen molar-refractivity contribution in [2.45, 2.75) is 230 Å². The van der Waals surface area contributed by atoms with E-state index in [4.69, 9.17) is 7.81 Å². The van der Waals surface area contributed by atoms with E-state index >= 15 is 0 Å². The monoisotopic (exact) mass is 805 g/mol. The first-order valence-electron chi connectivity index (χ1n) is 21.3. The van der Waals surface area contributed by atoms with Gasteiger partial charge < -0.3 is 0 Å². The van der Waals surface area contributed by atoms with E-state index in [0.717, 1.165) is 77.8 Å². The summed E-state index contributed by atoms with van der Waals surface area (Å²) in [6, 6.07) is 0. The van der Waals surface area contributed by atoms with Gasteiger partial charge >= 0.3 is 226 Å². The van der Waals surface area contributed by atoms with Gasteiger partial charge in [-0.1, -0.05) is 72.6 Å². The normalized spacial score (nSPS) is 11.9. The van der Waals surface area contributed by atoms with E-state index < -0.39 is 17.4 Å². The maximum atomic E-state index is 13.1. The van der Waals surface area contributed by atoms with E-state index in [1.165, 1.54) is 116 Å². The Kier molecular flexibility index (Phi) is 35.6. The molecule has 6 heteroatoms. The Labute approximate surface area is 308 Å². The SMILES string of the molecule is CCC[CH2][Sn]([CH2]CCC)([O]C(=O)CCCCCCCCCCCCCCC(C)C)[S]CCC(=O)OCCCCCCCCCCC(C)C. The van der Waals surface area contributed by atoms with Gasteiger partial charge in [-0.2, -0.15) is 0 Å². The van der Waals surface area contributed by atoms with Crippen LogP contribution in [-0.4, -0.2) is 41.7 Å². The van der Waals surface area contributed by atoms with Crippen LogP contribution >= 0.6 is 8.95 Å². The molecule has 48 heavy (non-hydrogen) atoms. The van der Waals surface area contributed by atoms with Gasteiger partial charge in [0, 0.05) is 0 Å². The third-order valence-corrected chi connectivity index (χ3v) is 28.2. The minimum atomic E-state index is -3.20. The Hall–Kier alpha value is 0.0887. The Bertz CT molecular complexity index is 706. The maximum absolute atomic E-state index is 13.1. The van der Waals surface area contributed by atoms with Crippen LogP contribution in [0.5, 0.6) is 0 Å². The smallest absolute Gasteiger partial charge is 0.0628 e. The molecule has 0 aliphatic heterocycles. The fourth-order valence-corrected chi connectivity index (χ4v) is 24.9. The van der Waals surface area contributed by atoms with E-state index in [9.17, 15) is 9.59 Å². The predicted octanol–water partition coefficient (Wildman–Crippen LogP) is 14.5. The van der Waals surface area contributed by atoms with Crippen molar-refractivity contribution in [3.05, 3.63) is 0 Å². The summed E-state index contributed by atoms with van der Waals surface area (Å²) in [5.74, 6) is 2.38. The van der Waals surface area contributed by atoms with Gasteiger partial charge in [0.25, 0.3) is 0 Å². The number of unbranched alkanes of at least 4 members (excludes halogenated alkanes) is 20. The molecule has 0 aromatic carbocycles. The zero-order valence-electron chi connectivity index (χ0n) is 33.3. The van der Waals surface area contributed by atoms with Crippen molar-refractivity contribution < 1.29 is 17.4 Å². The molecule has 0 N–H and O–H groups in total. The van der Waals surface area contributed by atoms with Crippen molar-refractivity contribution in [3.63, 3.8) is 0 Å². The van der Waals surface area contributed by atoms with Gasteiger partial charge in [-0.3, -0.25) is 0 Å². The predicted molar refractivity (Wildman–Crippen MR) is 215 cm³/mol. The molecule has 0 radical (unpaired) electrons. The number of rotatable bonds is 37. The van der Waals surface area contributed by atoms with Gasteiger partial charge in [-0.05, 0) is 11.8 Å². The second-order valence-corrected chi connectivity index (χ2v) is 32.4. The zero-order valence-corrected chi connectivity index (χ0v) is 37.0. The molecule has 0 heterocycles. The molecular weight excluding hydrogens is 719 g/mol. The average Bonchev–Trinajstić information content (AvgIpc) is 3.05. The van der Waals surface area contributed by atoms with E-state index in [2.05, 4.69) is 41.5 Å². The number of hydrogen-bond acceptors (Lipinski definition) is 5. The Morgan fingerprint density at radius 3 is 1.31 bits per heavy atom. The second-order valence-electron chi connectivity index (χ2n) is 15.6. The summed E-state index contributed by atoms with van der Waals surface area (Å²) in [6.07, 6.45) is 34.1. The van der Waals surface area contributed by atoms with E-state index in [1.807, 2.05) is 8.95 Å². The molecular formula is C42H84O4SSn. The standard InChI is InChI=1S/C18H36O2.C16H32O2S.2C4H9.Sn/c1-17(2)15-13-11-9-7-5-3-4-6-8-10-12-14-16-18(19)20;1-15(2)11-9-7-5-3-4-6-8-10-13-18-16(17)12-14-19;2*1-3-4-2;/h17H,3-16H2,1-2H3,(H,19,20);15,19H,3-14H2,1-2H3;2*1,3-4H2,2H3;/q;;;;+2/p-2. The van der Waals surface area contributed by atoms with Crippen molar-refractivity contribution in [1.29, 1.82) is 0 Å². The second kappa shape index (κ2) is 35.5. The summed E-state index contributed by atoms with van der Waals surface area (Å²) in [5, 5.41) is 0. The van der Waals surface area contributed by atoms with Gasteiger partial charge in [0.15, 0.2) is 0 Å². The summed E-state index contributed by atoms with van der Waals surface area (Å²) in [6.45, 7) is 14.3. The van der Waals surface area contributed by atoms with Crippen LogP contribution < -0.4 is 0 Å². The van der Waals surface area contributed by atoms with Crippen LogP contribution in [0.15, 0.2) is 0 Å². The van der Waals surface area contributed by atoms with E-state index in [1.54, 1.807) is 0 Å². The molecule has 0 rings (SSSR count). The molecule has 0 aliphatic rings. The van der Waals surface area contributed by atoms with Crippen molar-refractivity contribution >= 4 is 38.3 Å². The van der Waals surface area contributed by atoms with Crippen molar-refractivity contribution in [3.8, 4) is 0 Å². The minimum absolute atomic E-state index is 0.0389. The van der Waals surface area contributed by atoms with Crippen LogP contribution in [0, 0.1) is 11.8 Å². The first-order valence-corrected chi connectivity index (χ1v) is 30.9. The first kappa shape index (κ1) is 48.1. The number of carbonyl (C=O) groups excluding carboxylic acids is 2. The Balaban J connectivity index is 4.20. The molecule has 0 amide bonds. The van der Waals surface area contributed by atoms with E-state index in [0.29, 0.717) is 19.4 Å². The fraction of sp³-hybridized carbons (Fsp3) is 0.952. The number of ether oxygens (including phenoxy) is 1. The van der Waals surface area contributed by atoms with Crippen molar-refractivity contribution in [2.75, 3.05) is 12.4 Å². The van der Waals surface area contributed by atoms with Gasteiger partial charge in [-0.25, -0.2) is 0 Å². The van der Waals surface area contributed by atoms with Gasteiger partial charge in [0.1, 0.15) is 0 Å². The molecule has 0 saturated carbocycles. The van der Waals surface area contributed by atoms with Crippen molar-refractivity contribution in [2.24, 2.45) is 11.8 Å². The van der Waals surface area contributed by atoms with Crippen LogP contribution in [0.2, 0.25) is 8.87 Å². The molecule has 0 fully saturated rings. The molecule has 0 saturated heterocycles. The number of esters is 1. The summed E-state index contributed by atoms with van der Waals surface area (Å²) < 4.78 is 14.2. The average molecular weight is 804 g/mol. The molecule has 0 atom stereocenters. The van der Waals surface area contributed by atoms with Gasteiger partial charge in [-0.15, -0.1) is 0 Å². The van der Waals surface area contributed by atoms with Crippen LogP contribution in [0.4, 0.5) is 0 Å². The molecule has 286 valence electrons. The number of hydrogen-bond donors (Lipinski definition) is 0. The van der Waals surface area contributed by atoms with Crippen molar-refractivity contribution in [1.82, 2.24) is 0 Å². The zero-order chi connectivity index (χ0) is 35.6. The van der Waals surface area contributed by atoms with Crippen LogP contribution in [0.1, 0.15) is 221 Å². The molecule has 0 bridgehead atoms. The fourth-order valence-electron chi connectivity index (χ4n) is 6.44. The Morgan fingerprint density at radius 2 is 0.896 bits per heavy atom. The third kappa shape index (κ3) is 33.2. The summed E-state index contributed by atoms with van der Waals surface area (Å²) >= 11 is -3.20. The van der Waals surface area contributed by atoms with Crippen LogP contribution in [0.25, 0.3) is 0 Å². The summed E-state index contributed by atoms with van der Waals surface area (Å²) in [7, 11) is 1.89. The number of carbonyl (C=O) groups is 2. The molecule has 0 aliphatic carbocycles. The van der Waals surface area contributed by atoms with Crippen LogP contribution in [0.3, 0.4) is 0 Å². The van der Waals surface area contributed by atoms with E-state index in [-0.39, 0.29) is 11.9 Å². The van der Waals surface area contributed by atoms with Gasteiger partial charge in [0.2, 0.25) is 0 Å². The molecule has 0 aromatic heterocycles. The first-order chi connectivity index (χ1) is 23.2. The quantitative estimate of drug-likeness (QED) is 0.0356. The summed E-state index contributed by atoms with van der Waals surface area (Å²) in [5.41, 5.74) is 0. The van der Waals surface area contributed by atoms with Gasteiger partial charge in [0.05, 0.1) is 0 Å². The topological polar surface area (TPSA) is 52.6 Å². The molecule has 0 unspecified atom stereocenters. The molecule has 0 spiro atoms. The Morgan fingerprint density at radius 1 is 0.500 bits per heavy atom. The molecule has 0 aromatic rings.